The van der Waals surface area contributed by atoms with Crippen molar-refractivity contribution >= 4 is 10.0 Å². The topological polar surface area (TPSA) is 37.4 Å². The van der Waals surface area contributed by atoms with Gasteiger partial charge in [-0.3, -0.25) is 0 Å². The molecule has 3 nitrogen and oxygen atoms in total. The van der Waals surface area contributed by atoms with Crippen LogP contribution in [0.2, 0.25) is 0 Å². The van der Waals surface area contributed by atoms with Crippen LogP contribution in [0.3, 0.4) is 0 Å². The molecule has 20 heavy (non-hydrogen) atoms. The van der Waals surface area contributed by atoms with E-state index in [1.807, 2.05) is 26.0 Å². The van der Waals surface area contributed by atoms with Gasteiger partial charge in [0.2, 0.25) is 10.0 Å². The number of sulfonamides is 1. The second-order valence-corrected chi connectivity index (χ2v) is 7.53. The van der Waals surface area contributed by atoms with Gasteiger partial charge in [-0.2, -0.15) is 4.31 Å². The van der Waals surface area contributed by atoms with Crippen molar-refractivity contribution in [3.05, 3.63) is 29.8 Å². The van der Waals surface area contributed by atoms with E-state index in [2.05, 4.69) is 6.92 Å². The minimum atomic E-state index is -3.36. The van der Waals surface area contributed by atoms with Gasteiger partial charge in [-0.25, -0.2) is 8.42 Å². The second-order valence-electron chi connectivity index (χ2n) is 5.53. The molecule has 0 aliphatic heterocycles. The molecule has 114 valence electrons. The predicted molar refractivity (Wildman–Crippen MR) is 84.3 cm³/mol. The summed E-state index contributed by atoms with van der Waals surface area (Å²) in [5.41, 5.74) is 1.07. The minimum absolute atomic E-state index is 0.0400. The van der Waals surface area contributed by atoms with Crippen molar-refractivity contribution in [3.8, 4) is 0 Å². The van der Waals surface area contributed by atoms with Gasteiger partial charge in [0.25, 0.3) is 0 Å². The Morgan fingerprint density at radius 2 is 1.70 bits per heavy atom. The number of hydrogen-bond acceptors (Lipinski definition) is 2. The van der Waals surface area contributed by atoms with Crippen molar-refractivity contribution in [2.75, 3.05) is 7.05 Å². The van der Waals surface area contributed by atoms with E-state index in [9.17, 15) is 8.42 Å². The van der Waals surface area contributed by atoms with E-state index in [1.165, 1.54) is 23.6 Å². The standard InChI is InChI=1S/C16H27NO2S/c1-5-6-7-8-9-15(3)17(4)20(18,19)16-12-10-14(2)11-13-16/h10-13,15H,5-9H2,1-4H3/t15-/m1/s1. The largest absolute Gasteiger partial charge is 0.243 e. The molecule has 1 aromatic rings. The maximum atomic E-state index is 12.5. The predicted octanol–water partition coefficient (Wildman–Crippen LogP) is 3.97. The molecule has 1 rings (SSSR count). The Labute approximate surface area is 124 Å². The van der Waals surface area contributed by atoms with Gasteiger partial charge in [-0.15, -0.1) is 0 Å². The lowest BCUT2D eigenvalue weighted by Crippen LogP contribution is -2.35. The van der Waals surface area contributed by atoms with E-state index in [1.54, 1.807) is 19.2 Å². The SMILES string of the molecule is CCCCCC[C@@H](C)N(C)S(=O)(=O)c1ccc(C)cc1. The normalized spacial score (nSPS) is 13.7. The first-order valence-corrected chi connectivity index (χ1v) is 8.88. The molecular formula is C16H27NO2S. The number of unbranched alkanes of at least 4 members (excludes halogenated alkanes) is 3. The molecule has 0 heterocycles. The van der Waals surface area contributed by atoms with Crippen molar-refractivity contribution in [2.24, 2.45) is 0 Å². The summed E-state index contributed by atoms with van der Waals surface area (Å²) in [6.45, 7) is 6.12. The fraction of sp³-hybridized carbons (Fsp3) is 0.625. The van der Waals surface area contributed by atoms with Crippen LogP contribution in [-0.2, 0) is 10.0 Å². The number of nitrogens with zero attached hydrogens (tertiary/aromatic N) is 1. The zero-order valence-electron chi connectivity index (χ0n) is 13.1. The van der Waals surface area contributed by atoms with Crippen LogP contribution in [0.15, 0.2) is 29.2 Å². The van der Waals surface area contributed by atoms with Gasteiger partial charge in [0.1, 0.15) is 0 Å². The average Bonchev–Trinajstić information content (AvgIpc) is 2.43. The summed E-state index contributed by atoms with van der Waals surface area (Å²) in [6.07, 6.45) is 5.61. The number of hydrogen-bond donors (Lipinski definition) is 0. The summed E-state index contributed by atoms with van der Waals surface area (Å²) in [6, 6.07) is 7.09. The first-order valence-electron chi connectivity index (χ1n) is 7.44. The first kappa shape index (κ1) is 17.2. The highest BCUT2D eigenvalue weighted by Crippen LogP contribution is 2.19. The molecule has 0 aliphatic rings. The molecule has 0 aromatic heterocycles. The molecule has 0 amide bonds. The van der Waals surface area contributed by atoms with Gasteiger partial charge >= 0.3 is 0 Å². The van der Waals surface area contributed by atoms with Gasteiger partial charge in [0, 0.05) is 13.1 Å². The smallest absolute Gasteiger partial charge is 0.207 e. The molecule has 1 atom stereocenters. The third-order valence-electron chi connectivity index (χ3n) is 3.79. The zero-order chi connectivity index (χ0) is 15.2. The summed E-state index contributed by atoms with van der Waals surface area (Å²) >= 11 is 0. The Balaban J connectivity index is 2.68. The van der Waals surface area contributed by atoms with Crippen molar-refractivity contribution in [3.63, 3.8) is 0 Å². The van der Waals surface area contributed by atoms with Crippen molar-refractivity contribution < 1.29 is 8.42 Å². The highest BCUT2D eigenvalue weighted by molar-refractivity contribution is 7.89. The molecule has 0 saturated heterocycles. The van der Waals surface area contributed by atoms with Crippen molar-refractivity contribution in [1.29, 1.82) is 0 Å². The van der Waals surface area contributed by atoms with Crippen molar-refractivity contribution in [1.82, 2.24) is 4.31 Å². The number of rotatable bonds is 8. The highest BCUT2D eigenvalue weighted by atomic mass is 32.2. The molecule has 0 saturated carbocycles. The molecule has 0 spiro atoms. The summed E-state index contributed by atoms with van der Waals surface area (Å²) in [5.74, 6) is 0. The molecule has 0 unspecified atom stereocenters. The van der Waals surface area contributed by atoms with E-state index in [0.29, 0.717) is 4.90 Å². The lowest BCUT2D eigenvalue weighted by molar-refractivity contribution is 0.360. The van der Waals surface area contributed by atoms with Crippen LogP contribution in [-0.4, -0.2) is 25.8 Å². The van der Waals surface area contributed by atoms with E-state index in [-0.39, 0.29) is 6.04 Å². The monoisotopic (exact) mass is 297 g/mol. The van der Waals surface area contributed by atoms with E-state index in [4.69, 9.17) is 0 Å². The Bertz CT molecular complexity index is 494. The van der Waals surface area contributed by atoms with Crippen LogP contribution in [0.1, 0.15) is 51.5 Å². The van der Waals surface area contributed by atoms with Crippen LogP contribution in [0.5, 0.6) is 0 Å². The third-order valence-corrected chi connectivity index (χ3v) is 5.78. The van der Waals surface area contributed by atoms with Gasteiger partial charge in [0.15, 0.2) is 0 Å². The number of benzene rings is 1. The molecule has 0 radical (unpaired) electrons. The summed E-state index contributed by atoms with van der Waals surface area (Å²) in [7, 11) is -1.68. The maximum absolute atomic E-state index is 12.5. The molecule has 1 aromatic carbocycles. The Morgan fingerprint density at radius 3 is 2.25 bits per heavy atom. The summed E-state index contributed by atoms with van der Waals surface area (Å²) in [5, 5.41) is 0. The van der Waals surface area contributed by atoms with Gasteiger partial charge in [-0.1, -0.05) is 50.3 Å². The van der Waals surface area contributed by atoms with Crippen LogP contribution in [0.25, 0.3) is 0 Å². The third kappa shape index (κ3) is 4.60. The Kier molecular flexibility index (Phi) is 6.69. The lowest BCUT2D eigenvalue weighted by atomic mass is 10.1. The average molecular weight is 297 g/mol. The molecule has 0 bridgehead atoms. The minimum Gasteiger partial charge on any atom is -0.207 e. The fourth-order valence-electron chi connectivity index (χ4n) is 2.16. The molecule has 0 N–H and O–H groups in total. The fourth-order valence-corrected chi connectivity index (χ4v) is 3.55. The second kappa shape index (κ2) is 7.79. The van der Waals surface area contributed by atoms with Crippen LogP contribution in [0, 0.1) is 6.92 Å². The van der Waals surface area contributed by atoms with Crippen LogP contribution >= 0.6 is 0 Å². The Hall–Kier alpha value is -0.870. The van der Waals surface area contributed by atoms with Gasteiger partial charge in [0.05, 0.1) is 4.90 Å². The van der Waals surface area contributed by atoms with Crippen LogP contribution < -0.4 is 0 Å². The Morgan fingerprint density at radius 1 is 1.10 bits per heavy atom. The molecule has 0 aliphatic carbocycles. The van der Waals surface area contributed by atoms with Gasteiger partial charge in [-0.05, 0) is 32.4 Å². The number of aryl methyl sites for hydroxylation is 1. The van der Waals surface area contributed by atoms with Gasteiger partial charge < -0.3 is 0 Å². The van der Waals surface area contributed by atoms with E-state index in [0.717, 1.165) is 18.4 Å². The highest BCUT2D eigenvalue weighted by Gasteiger charge is 2.24. The molecule has 0 fully saturated rings. The van der Waals surface area contributed by atoms with Crippen molar-refractivity contribution in [2.45, 2.75) is 63.8 Å². The maximum Gasteiger partial charge on any atom is 0.243 e. The molecular weight excluding hydrogens is 270 g/mol. The van der Waals surface area contributed by atoms with Crippen LogP contribution in [0.4, 0.5) is 0 Å². The lowest BCUT2D eigenvalue weighted by Gasteiger charge is -2.24. The summed E-state index contributed by atoms with van der Waals surface area (Å²) in [4.78, 5) is 0.381. The van der Waals surface area contributed by atoms with E-state index < -0.39 is 10.0 Å². The molecule has 4 heteroatoms. The first-order chi connectivity index (χ1) is 9.39. The van der Waals surface area contributed by atoms with E-state index >= 15 is 0 Å². The summed E-state index contributed by atoms with van der Waals surface area (Å²) < 4.78 is 26.5. The quantitative estimate of drug-likeness (QED) is 0.681. The zero-order valence-corrected chi connectivity index (χ0v) is 13.9.